The molecule has 0 aliphatic heterocycles. The van der Waals surface area contributed by atoms with Gasteiger partial charge in [-0.25, -0.2) is 9.97 Å². The van der Waals surface area contributed by atoms with Crippen molar-refractivity contribution in [1.29, 1.82) is 0 Å². The van der Waals surface area contributed by atoms with E-state index in [1.54, 1.807) is 30.3 Å². The second-order valence-electron chi connectivity index (χ2n) is 8.20. The number of anilines is 1. The number of halogens is 6. The van der Waals surface area contributed by atoms with Crippen LogP contribution in [-0.2, 0) is 20.4 Å². The predicted octanol–water partition coefficient (Wildman–Crippen LogP) is 4.91. The van der Waals surface area contributed by atoms with Crippen molar-refractivity contribution in [2.24, 2.45) is 0 Å². The number of alkyl halides is 6. The molecule has 2 aromatic heterocycles. The van der Waals surface area contributed by atoms with E-state index in [0.29, 0.717) is 5.03 Å². The zero-order valence-electron chi connectivity index (χ0n) is 19.3. The molecule has 3 unspecified atom stereocenters. The fourth-order valence-corrected chi connectivity index (χ4v) is 9.19. The molecular formula is C19H21F6N5O5P2S. The maximum Gasteiger partial charge on any atom is 0.398 e. The minimum atomic E-state index is -5.81. The van der Waals surface area contributed by atoms with Gasteiger partial charge in [0, 0.05) is 4.90 Å². The Morgan fingerprint density at radius 2 is 1.58 bits per heavy atom. The second kappa shape index (κ2) is 11.1. The molecule has 210 valence electrons. The van der Waals surface area contributed by atoms with Crippen LogP contribution in [0.1, 0.15) is 6.92 Å². The summed E-state index contributed by atoms with van der Waals surface area (Å²) in [4.78, 5) is 33.1. The standard InChI is InChI=1S/C19H21F6N5O5P2S/c1-11(35-17(36(31,32)8-18(20,21)22)37(33,34)9-19(23,24)25)7-30-10-27-13-14(30)28-16(26)29-15(13)38-12-5-3-2-4-6-12/h2-6,10-11,17H,7-9H2,1H3,(H,31,32)(H,33,34)(H2,26,28,29). The molecule has 4 N–H and O–H groups in total. The number of rotatable bonds is 10. The number of ether oxygens (including phenoxy) is 1. The molecule has 10 nitrogen and oxygen atoms in total. The Labute approximate surface area is 215 Å². The Hall–Kier alpha value is -2.16. The quantitative estimate of drug-likeness (QED) is 0.165. The van der Waals surface area contributed by atoms with Gasteiger partial charge in [-0.15, -0.1) is 0 Å². The van der Waals surface area contributed by atoms with Gasteiger partial charge in [0.15, 0.2) is 5.65 Å². The zero-order chi connectivity index (χ0) is 28.5. The van der Waals surface area contributed by atoms with E-state index in [4.69, 9.17) is 10.5 Å². The molecule has 0 spiro atoms. The van der Waals surface area contributed by atoms with Crippen molar-refractivity contribution in [3.05, 3.63) is 36.7 Å². The molecule has 1 aromatic carbocycles. The van der Waals surface area contributed by atoms with Gasteiger partial charge in [0.2, 0.25) is 26.3 Å². The van der Waals surface area contributed by atoms with Crippen molar-refractivity contribution in [1.82, 2.24) is 19.5 Å². The highest BCUT2D eigenvalue weighted by molar-refractivity contribution is 7.99. The van der Waals surface area contributed by atoms with Crippen LogP contribution in [-0.4, -0.2) is 65.7 Å². The summed E-state index contributed by atoms with van der Waals surface area (Å²) in [7, 11) is -11.6. The number of nitrogens with zero attached hydrogens (tertiary/aromatic N) is 4. The van der Waals surface area contributed by atoms with Gasteiger partial charge >= 0.3 is 12.4 Å². The first-order valence-corrected chi connectivity index (χ1v) is 15.1. The van der Waals surface area contributed by atoms with E-state index < -0.39 is 57.6 Å². The van der Waals surface area contributed by atoms with Crippen LogP contribution in [0.15, 0.2) is 46.6 Å². The van der Waals surface area contributed by atoms with Crippen molar-refractivity contribution in [3.63, 3.8) is 0 Å². The second-order valence-corrected chi connectivity index (χ2v) is 14.3. The molecule has 3 rings (SSSR count). The van der Waals surface area contributed by atoms with E-state index in [1.807, 2.05) is 0 Å². The Bertz CT molecular complexity index is 1340. The zero-order valence-corrected chi connectivity index (χ0v) is 21.9. The molecule has 3 atom stereocenters. The van der Waals surface area contributed by atoms with E-state index in [-0.39, 0.29) is 17.1 Å². The number of aromatic nitrogens is 4. The van der Waals surface area contributed by atoms with Crippen LogP contribution in [0.5, 0.6) is 0 Å². The Morgan fingerprint density at radius 3 is 2.11 bits per heavy atom. The van der Waals surface area contributed by atoms with E-state index >= 15 is 0 Å². The summed E-state index contributed by atoms with van der Waals surface area (Å²) in [5.74, 6) is -0.167. The lowest BCUT2D eigenvalue weighted by Gasteiger charge is -2.30. The summed E-state index contributed by atoms with van der Waals surface area (Å²) in [5.41, 5.74) is 3.02. The normalized spacial score (nSPS) is 17.6. The van der Waals surface area contributed by atoms with Crippen LogP contribution in [0.2, 0.25) is 0 Å². The highest BCUT2D eigenvalue weighted by Gasteiger charge is 2.55. The topological polar surface area (TPSA) is 153 Å². The van der Waals surface area contributed by atoms with Gasteiger partial charge in [-0.3, -0.25) is 9.13 Å². The van der Waals surface area contributed by atoms with Crippen molar-refractivity contribution in [3.8, 4) is 0 Å². The maximum absolute atomic E-state index is 12.9. The third-order valence-electron chi connectivity index (χ3n) is 4.72. The molecule has 0 saturated heterocycles. The number of benzene rings is 1. The van der Waals surface area contributed by atoms with Gasteiger partial charge in [-0.1, -0.05) is 30.0 Å². The van der Waals surface area contributed by atoms with Crippen LogP contribution in [0.4, 0.5) is 32.3 Å². The molecular weight excluding hydrogens is 586 g/mol. The Balaban J connectivity index is 1.90. The summed E-state index contributed by atoms with van der Waals surface area (Å²) in [6.45, 7) is 0.737. The first kappa shape index (κ1) is 30.4. The minimum absolute atomic E-state index is 0.118. The molecule has 38 heavy (non-hydrogen) atoms. The fourth-order valence-electron chi connectivity index (χ4n) is 3.41. The van der Waals surface area contributed by atoms with Gasteiger partial charge in [0.1, 0.15) is 22.9 Å². The molecule has 0 fully saturated rings. The summed E-state index contributed by atoms with van der Waals surface area (Å²) in [5, 5.41) is 0.346. The van der Waals surface area contributed by atoms with Crippen LogP contribution in [0.25, 0.3) is 11.2 Å². The van der Waals surface area contributed by atoms with E-state index in [9.17, 15) is 45.3 Å². The molecule has 19 heteroatoms. The van der Waals surface area contributed by atoms with Gasteiger partial charge < -0.3 is 24.8 Å². The number of hydrogen-bond donors (Lipinski definition) is 3. The van der Waals surface area contributed by atoms with Crippen molar-refractivity contribution < 1.29 is 50.0 Å². The van der Waals surface area contributed by atoms with Crippen molar-refractivity contribution in [2.75, 3.05) is 18.1 Å². The molecule has 0 amide bonds. The minimum Gasteiger partial charge on any atom is -0.368 e. The molecule has 0 aliphatic carbocycles. The summed E-state index contributed by atoms with van der Waals surface area (Å²) < 4.78 is 108. The van der Waals surface area contributed by atoms with Crippen LogP contribution in [0.3, 0.4) is 0 Å². The molecule has 0 aliphatic rings. The smallest absolute Gasteiger partial charge is 0.368 e. The first-order chi connectivity index (χ1) is 17.4. The van der Waals surface area contributed by atoms with Gasteiger partial charge in [0.05, 0.1) is 19.0 Å². The summed E-state index contributed by atoms with van der Waals surface area (Å²) in [6.07, 6.45) is -15.9. The highest BCUT2D eigenvalue weighted by Crippen LogP contribution is 2.67. The Kier molecular flexibility index (Phi) is 8.91. The maximum atomic E-state index is 12.9. The lowest BCUT2D eigenvalue weighted by molar-refractivity contribution is -0.109. The van der Waals surface area contributed by atoms with Crippen LogP contribution >= 0.6 is 26.5 Å². The molecule has 2 heterocycles. The first-order valence-electron chi connectivity index (χ1n) is 10.5. The van der Waals surface area contributed by atoms with Crippen molar-refractivity contribution in [2.45, 2.75) is 47.4 Å². The Morgan fingerprint density at radius 1 is 1.03 bits per heavy atom. The van der Waals surface area contributed by atoms with Crippen LogP contribution in [0, 0.1) is 0 Å². The number of nitrogens with two attached hydrogens (primary N) is 1. The van der Waals surface area contributed by atoms with Crippen LogP contribution < -0.4 is 5.73 Å². The molecule has 0 saturated carbocycles. The summed E-state index contributed by atoms with van der Waals surface area (Å²) >= 11 is 1.20. The SMILES string of the molecule is CC(Cn1cnc2c(Sc3ccccc3)nc(N)nc21)OC(P(=O)(O)CC(F)(F)F)P(=O)(O)CC(F)(F)F. The van der Waals surface area contributed by atoms with Gasteiger partial charge in [-0.05, 0) is 19.1 Å². The van der Waals surface area contributed by atoms with E-state index in [2.05, 4.69) is 15.0 Å². The predicted molar refractivity (Wildman–Crippen MR) is 126 cm³/mol. The monoisotopic (exact) mass is 607 g/mol. The lowest BCUT2D eigenvalue weighted by atomic mass is 10.4. The third-order valence-corrected chi connectivity index (χ3v) is 11.1. The molecule has 0 radical (unpaired) electrons. The average Bonchev–Trinajstić information content (AvgIpc) is 3.11. The fraction of sp³-hybridized carbons (Fsp3) is 0.421. The third kappa shape index (κ3) is 8.17. The van der Waals surface area contributed by atoms with E-state index in [1.165, 1.54) is 22.7 Å². The largest absolute Gasteiger partial charge is 0.398 e. The number of nitrogen functional groups attached to an aromatic ring is 1. The molecule has 0 bridgehead atoms. The van der Waals surface area contributed by atoms with Crippen molar-refractivity contribution >= 4 is 43.6 Å². The lowest BCUT2D eigenvalue weighted by Crippen LogP contribution is -2.30. The number of fused-ring (bicyclic) bond motifs is 1. The number of imidazole rings is 1. The molecule has 3 aromatic rings. The number of hydrogen-bond acceptors (Lipinski definition) is 8. The summed E-state index contributed by atoms with van der Waals surface area (Å²) in [6, 6.07) is 8.97. The highest BCUT2D eigenvalue weighted by atomic mass is 32.2. The van der Waals surface area contributed by atoms with Gasteiger partial charge in [0.25, 0.3) is 0 Å². The van der Waals surface area contributed by atoms with Gasteiger partial charge in [-0.2, -0.15) is 31.3 Å². The average molecular weight is 607 g/mol. The van der Waals surface area contributed by atoms with E-state index in [0.717, 1.165) is 11.8 Å².